The number of nitrogens with one attached hydrogen (secondary N) is 1. The number of oxazole rings is 1. The predicted octanol–water partition coefficient (Wildman–Crippen LogP) is 3.55. The van der Waals surface area contributed by atoms with Crippen LogP contribution in [0.3, 0.4) is 0 Å². The molecule has 0 saturated heterocycles. The minimum atomic E-state index is -0.195. The van der Waals surface area contributed by atoms with E-state index in [4.69, 9.17) is 14.1 Å². The lowest BCUT2D eigenvalue weighted by Crippen LogP contribution is -2.17. The van der Waals surface area contributed by atoms with Gasteiger partial charge < -0.3 is 18.4 Å². The SMILES string of the molecule is CCSNc1cc2nc(C3CC3)oc2c(-c2cc(OC)c(=O)n(C)c2)n1. The van der Waals surface area contributed by atoms with E-state index in [2.05, 4.69) is 16.6 Å². The highest BCUT2D eigenvalue weighted by molar-refractivity contribution is 8.00. The van der Waals surface area contributed by atoms with Crippen molar-refractivity contribution in [3.8, 4) is 17.0 Å². The molecule has 3 heterocycles. The van der Waals surface area contributed by atoms with Crippen LogP contribution in [0.4, 0.5) is 5.82 Å². The van der Waals surface area contributed by atoms with Crippen LogP contribution in [-0.4, -0.2) is 27.4 Å². The molecule has 0 atom stereocenters. The van der Waals surface area contributed by atoms with Gasteiger partial charge in [-0.1, -0.05) is 18.9 Å². The molecule has 0 radical (unpaired) electrons. The fourth-order valence-corrected chi connectivity index (χ4v) is 3.20. The Kier molecular flexibility index (Phi) is 4.36. The first-order valence-electron chi connectivity index (χ1n) is 8.55. The zero-order chi connectivity index (χ0) is 18.3. The smallest absolute Gasteiger partial charge is 0.292 e. The third-order valence-corrected chi connectivity index (χ3v) is 4.92. The third kappa shape index (κ3) is 3.05. The molecule has 1 N–H and O–H groups in total. The average molecular weight is 372 g/mol. The van der Waals surface area contributed by atoms with Crippen molar-refractivity contribution in [1.29, 1.82) is 0 Å². The van der Waals surface area contributed by atoms with Crippen LogP contribution < -0.4 is 15.0 Å². The van der Waals surface area contributed by atoms with Crippen LogP contribution in [0.25, 0.3) is 22.4 Å². The van der Waals surface area contributed by atoms with E-state index in [-0.39, 0.29) is 11.3 Å². The number of pyridine rings is 2. The number of ether oxygens (including phenoxy) is 1. The summed E-state index contributed by atoms with van der Waals surface area (Å²) in [4.78, 5) is 21.5. The summed E-state index contributed by atoms with van der Waals surface area (Å²) in [6, 6.07) is 3.59. The van der Waals surface area contributed by atoms with E-state index in [1.807, 2.05) is 6.07 Å². The molecule has 26 heavy (non-hydrogen) atoms. The van der Waals surface area contributed by atoms with Crippen molar-refractivity contribution in [2.75, 3.05) is 17.6 Å². The molecule has 4 rings (SSSR count). The summed E-state index contributed by atoms with van der Waals surface area (Å²) in [5, 5.41) is 0. The molecule has 8 heteroatoms. The van der Waals surface area contributed by atoms with E-state index in [1.165, 1.54) is 11.7 Å². The number of rotatable bonds is 6. The van der Waals surface area contributed by atoms with Crippen LogP contribution in [0.15, 0.2) is 27.5 Å². The average Bonchev–Trinajstić information content (AvgIpc) is 3.40. The maximum Gasteiger partial charge on any atom is 0.292 e. The molecule has 0 aromatic carbocycles. The summed E-state index contributed by atoms with van der Waals surface area (Å²) in [6.45, 7) is 2.07. The predicted molar refractivity (Wildman–Crippen MR) is 103 cm³/mol. The van der Waals surface area contributed by atoms with Gasteiger partial charge in [-0.25, -0.2) is 9.97 Å². The Bertz CT molecular complexity index is 1020. The maximum absolute atomic E-state index is 12.1. The first kappa shape index (κ1) is 17.0. The summed E-state index contributed by atoms with van der Waals surface area (Å²) in [6.07, 6.45) is 3.96. The standard InChI is InChI=1S/C18H20N4O3S/c1-4-26-21-14-8-12-16(25-17(19-12)10-5-6-10)15(20-14)11-7-13(24-3)18(23)22(2)9-11/h7-10H,4-6H2,1-3H3,(H,20,21). The number of methoxy groups -OCH3 is 1. The Morgan fingerprint density at radius 1 is 1.38 bits per heavy atom. The number of fused-ring (bicyclic) bond motifs is 1. The number of hydrogen-bond acceptors (Lipinski definition) is 7. The minimum absolute atomic E-state index is 0.195. The number of anilines is 1. The number of aromatic nitrogens is 3. The van der Waals surface area contributed by atoms with Crippen molar-refractivity contribution in [1.82, 2.24) is 14.5 Å². The fourth-order valence-electron chi connectivity index (χ4n) is 2.81. The topological polar surface area (TPSA) is 82.2 Å². The molecule has 3 aromatic heterocycles. The van der Waals surface area contributed by atoms with Gasteiger partial charge in [0.25, 0.3) is 5.56 Å². The lowest BCUT2D eigenvalue weighted by Gasteiger charge is -2.09. The van der Waals surface area contributed by atoms with Gasteiger partial charge in [0.15, 0.2) is 17.2 Å². The van der Waals surface area contributed by atoms with E-state index in [0.29, 0.717) is 23.0 Å². The molecule has 0 unspecified atom stereocenters. The molecule has 1 saturated carbocycles. The van der Waals surface area contributed by atoms with Gasteiger partial charge in [0, 0.05) is 36.5 Å². The Morgan fingerprint density at radius 3 is 2.88 bits per heavy atom. The molecule has 7 nitrogen and oxygen atoms in total. The summed E-state index contributed by atoms with van der Waals surface area (Å²) in [7, 11) is 3.18. The van der Waals surface area contributed by atoms with Crippen LogP contribution in [0, 0.1) is 0 Å². The minimum Gasteiger partial charge on any atom is -0.491 e. The van der Waals surface area contributed by atoms with E-state index in [1.54, 1.807) is 31.3 Å². The second-order valence-corrected chi connectivity index (χ2v) is 7.35. The van der Waals surface area contributed by atoms with Crippen LogP contribution in [-0.2, 0) is 7.05 Å². The molecule has 136 valence electrons. The summed E-state index contributed by atoms with van der Waals surface area (Å²) in [5.41, 5.74) is 2.61. The highest BCUT2D eigenvalue weighted by atomic mass is 32.2. The first-order chi connectivity index (χ1) is 12.6. The second-order valence-electron chi connectivity index (χ2n) is 6.28. The van der Waals surface area contributed by atoms with E-state index in [9.17, 15) is 4.79 Å². The van der Waals surface area contributed by atoms with Gasteiger partial charge in [-0.2, -0.15) is 0 Å². The molecule has 0 bridgehead atoms. The molecule has 1 aliphatic rings. The van der Waals surface area contributed by atoms with Gasteiger partial charge in [0.1, 0.15) is 17.0 Å². The van der Waals surface area contributed by atoms with Gasteiger partial charge in [0.2, 0.25) is 0 Å². The summed E-state index contributed by atoms with van der Waals surface area (Å²) >= 11 is 1.56. The molecule has 1 fully saturated rings. The van der Waals surface area contributed by atoms with Gasteiger partial charge in [-0.15, -0.1) is 0 Å². The Hall–Kier alpha value is -2.48. The van der Waals surface area contributed by atoms with Gasteiger partial charge in [-0.3, -0.25) is 4.79 Å². The summed E-state index contributed by atoms with van der Waals surface area (Å²) in [5.74, 6) is 3.06. The number of aryl methyl sites for hydroxylation is 1. The molecule has 1 aliphatic carbocycles. The normalized spacial score (nSPS) is 14.0. The molecular formula is C18H20N4O3S. The van der Waals surface area contributed by atoms with Crippen LogP contribution in [0.1, 0.15) is 31.6 Å². The molecule has 3 aromatic rings. The first-order valence-corrected chi connectivity index (χ1v) is 9.53. The Labute approximate surface area is 154 Å². The lowest BCUT2D eigenvalue weighted by molar-refractivity contribution is 0.405. The largest absolute Gasteiger partial charge is 0.491 e. The van der Waals surface area contributed by atoms with Gasteiger partial charge in [0.05, 0.1) is 7.11 Å². The van der Waals surface area contributed by atoms with Gasteiger partial charge in [-0.05, 0) is 18.9 Å². The van der Waals surface area contributed by atoms with Crippen molar-refractivity contribution in [3.63, 3.8) is 0 Å². The Balaban J connectivity index is 1.91. The number of nitrogens with zero attached hydrogens (tertiary/aromatic N) is 3. The van der Waals surface area contributed by atoms with E-state index in [0.717, 1.165) is 35.6 Å². The zero-order valence-electron chi connectivity index (χ0n) is 14.9. The van der Waals surface area contributed by atoms with Crippen LogP contribution in [0.2, 0.25) is 0 Å². The highest BCUT2D eigenvalue weighted by Crippen LogP contribution is 2.42. The van der Waals surface area contributed by atoms with Crippen molar-refractivity contribution in [2.24, 2.45) is 7.05 Å². The lowest BCUT2D eigenvalue weighted by atomic mass is 10.1. The van der Waals surface area contributed by atoms with Crippen LogP contribution in [0.5, 0.6) is 5.75 Å². The second kappa shape index (κ2) is 6.68. The van der Waals surface area contributed by atoms with Crippen molar-refractivity contribution >= 4 is 28.9 Å². The number of hydrogen-bond donors (Lipinski definition) is 1. The van der Waals surface area contributed by atoms with Crippen molar-refractivity contribution in [3.05, 3.63) is 34.6 Å². The molecular weight excluding hydrogens is 352 g/mol. The molecule has 0 spiro atoms. The highest BCUT2D eigenvalue weighted by Gasteiger charge is 2.30. The molecule has 0 aliphatic heterocycles. The van der Waals surface area contributed by atoms with E-state index >= 15 is 0 Å². The third-order valence-electron chi connectivity index (χ3n) is 4.28. The Morgan fingerprint density at radius 2 is 2.19 bits per heavy atom. The molecule has 0 amide bonds. The van der Waals surface area contributed by atoms with Gasteiger partial charge >= 0.3 is 0 Å². The fraction of sp³-hybridized carbons (Fsp3) is 0.389. The van der Waals surface area contributed by atoms with Crippen LogP contribution >= 0.6 is 11.9 Å². The van der Waals surface area contributed by atoms with Crippen molar-refractivity contribution < 1.29 is 9.15 Å². The summed E-state index contributed by atoms with van der Waals surface area (Å²) < 4.78 is 16.0. The monoisotopic (exact) mass is 372 g/mol. The quantitative estimate of drug-likeness (QED) is 0.663. The van der Waals surface area contributed by atoms with E-state index < -0.39 is 0 Å². The zero-order valence-corrected chi connectivity index (χ0v) is 15.7. The van der Waals surface area contributed by atoms with Crippen molar-refractivity contribution in [2.45, 2.75) is 25.7 Å². The maximum atomic E-state index is 12.1.